The Morgan fingerprint density at radius 1 is 1.30 bits per heavy atom. The van der Waals surface area contributed by atoms with Crippen molar-refractivity contribution in [2.45, 2.75) is 18.9 Å². The third-order valence-electron chi connectivity index (χ3n) is 4.39. The molecule has 1 aliphatic carbocycles. The second-order valence-electron chi connectivity index (χ2n) is 5.82. The highest BCUT2D eigenvalue weighted by Crippen LogP contribution is 2.49. The summed E-state index contributed by atoms with van der Waals surface area (Å²) in [5, 5.41) is 2.70. The van der Waals surface area contributed by atoms with E-state index in [1.165, 1.54) is 36.3 Å². The highest BCUT2D eigenvalue weighted by atomic mass is 19.1. The van der Waals surface area contributed by atoms with E-state index in [0.29, 0.717) is 31.5 Å². The van der Waals surface area contributed by atoms with Crippen molar-refractivity contribution in [2.75, 3.05) is 20.2 Å². The molecule has 6 nitrogen and oxygen atoms in total. The number of piperazine rings is 1. The van der Waals surface area contributed by atoms with Gasteiger partial charge in [0, 0.05) is 13.1 Å². The molecule has 1 atom stereocenters. The van der Waals surface area contributed by atoms with E-state index in [0.717, 1.165) is 0 Å². The van der Waals surface area contributed by atoms with Gasteiger partial charge >= 0.3 is 5.97 Å². The summed E-state index contributed by atoms with van der Waals surface area (Å²) in [5.74, 6) is -1.71. The van der Waals surface area contributed by atoms with Gasteiger partial charge in [0.15, 0.2) is 0 Å². The molecule has 23 heavy (non-hydrogen) atoms. The number of hydrogen-bond acceptors (Lipinski definition) is 4. The van der Waals surface area contributed by atoms with Crippen LogP contribution in [0, 0.1) is 11.2 Å². The number of nitrogens with one attached hydrogen (secondary N) is 1. The van der Waals surface area contributed by atoms with Gasteiger partial charge in [-0.25, -0.2) is 4.39 Å². The minimum atomic E-state index is -1.16. The van der Waals surface area contributed by atoms with Gasteiger partial charge in [0.2, 0.25) is 11.8 Å². The van der Waals surface area contributed by atoms with Gasteiger partial charge in [-0.1, -0.05) is 12.1 Å². The lowest BCUT2D eigenvalue weighted by atomic mass is 9.98. The summed E-state index contributed by atoms with van der Waals surface area (Å²) in [6, 6.07) is 4.57. The third kappa shape index (κ3) is 2.56. The van der Waals surface area contributed by atoms with Gasteiger partial charge in [0.05, 0.1) is 7.11 Å². The van der Waals surface area contributed by atoms with Crippen molar-refractivity contribution in [2.24, 2.45) is 5.41 Å². The molecule has 7 heteroatoms. The topological polar surface area (TPSA) is 75.7 Å². The van der Waals surface area contributed by atoms with Crippen LogP contribution in [0.3, 0.4) is 0 Å². The quantitative estimate of drug-likeness (QED) is 0.659. The second kappa shape index (κ2) is 5.64. The number of amides is 2. The van der Waals surface area contributed by atoms with Crippen molar-refractivity contribution < 1.29 is 23.5 Å². The zero-order valence-corrected chi connectivity index (χ0v) is 12.7. The van der Waals surface area contributed by atoms with Gasteiger partial charge in [0.1, 0.15) is 17.3 Å². The van der Waals surface area contributed by atoms with E-state index in [-0.39, 0.29) is 5.91 Å². The Balaban J connectivity index is 1.92. The molecule has 2 amide bonds. The highest BCUT2D eigenvalue weighted by Gasteiger charge is 2.60. The van der Waals surface area contributed by atoms with Gasteiger partial charge in [-0.3, -0.25) is 14.4 Å². The number of benzene rings is 1. The van der Waals surface area contributed by atoms with Crippen LogP contribution in [0.1, 0.15) is 24.4 Å². The van der Waals surface area contributed by atoms with E-state index in [2.05, 4.69) is 5.32 Å². The minimum Gasteiger partial charge on any atom is -0.468 e. The first-order chi connectivity index (χ1) is 11.0. The van der Waals surface area contributed by atoms with Gasteiger partial charge in [-0.15, -0.1) is 0 Å². The van der Waals surface area contributed by atoms with E-state index in [1.54, 1.807) is 0 Å². The number of esters is 1. The summed E-state index contributed by atoms with van der Waals surface area (Å²) >= 11 is 0. The highest BCUT2D eigenvalue weighted by molar-refractivity contribution is 6.07. The SMILES string of the molecule is COC(=O)C1(C(=O)N2CCNC(=O)C2c2ccc(F)cc2)CC1. The summed E-state index contributed by atoms with van der Waals surface area (Å²) < 4.78 is 17.9. The summed E-state index contributed by atoms with van der Waals surface area (Å²) in [5.41, 5.74) is -0.650. The average molecular weight is 320 g/mol. The van der Waals surface area contributed by atoms with Crippen molar-refractivity contribution in [1.82, 2.24) is 10.2 Å². The molecule has 0 radical (unpaired) electrons. The van der Waals surface area contributed by atoms with E-state index >= 15 is 0 Å². The molecule has 3 rings (SSSR count). The maximum absolute atomic E-state index is 13.1. The van der Waals surface area contributed by atoms with Crippen molar-refractivity contribution in [3.63, 3.8) is 0 Å². The second-order valence-corrected chi connectivity index (χ2v) is 5.82. The monoisotopic (exact) mass is 320 g/mol. The standard InChI is InChI=1S/C16H17FN2O4/c1-23-15(22)16(6-7-16)14(21)19-9-8-18-13(20)12(19)10-2-4-11(17)5-3-10/h2-5,12H,6-9H2,1H3,(H,18,20). The van der Waals surface area contributed by atoms with Gasteiger partial charge in [0.25, 0.3) is 0 Å². The fourth-order valence-corrected chi connectivity index (χ4v) is 2.96. The molecular formula is C16H17FN2O4. The molecule has 2 aliphatic rings. The van der Waals surface area contributed by atoms with Crippen LogP contribution in [-0.2, 0) is 19.1 Å². The molecule has 1 unspecified atom stereocenters. The Morgan fingerprint density at radius 2 is 1.96 bits per heavy atom. The van der Waals surface area contributed by atoms with Crippen molar-refractivity contribution in [3.05, 3.63) is 35.6 Å². The number of halogens is 1. The number of methoxy groups -OCH3 is 1. The van der Waals surface area contributed by atoms with Gasteiger partial charge < -0.3 is 15.0 Å². The summed E-state index contributed by atoms with van der Waals surface area (Å²) in [6.45, 7) is 0.616. The summed E-state index contributed by atoms with van der Waals surface area (Å²) in [7, 11) is 1.25. The Bertz CT molecular complexity index is 655. The first-order valence-electron chi connectivity index (χ1n) is 7.42. The predicted molar refractivity (Wildman–Crippen MR) is 77.5 cm³/mol. The molecule has 0 bridgehead atoms. The van der Waals surface area contributed by atoms with E-state index in [4.69, 9.17) is 4.74 Å². The van der Waals surface area contributed by atoms with Crippen LogP contribution < -0.4 is 5.32 Å². The smallest absolute Gasteiger partial charge is 0.321 e. The maximum Gasteiger partial charge on any atom is 0.321 e. The van der Waals surface area contributed by atoms with Gasteiger partial charge in [-0.2, -0.15) is 0 Å². The maximum atomic E-state index is 13.1. The number of carbonyl (C=O) groups is 3. The van der Waals surface area contributed by atoms with Gasteiger partial charge in [-0.05, 0) is 30.5 Å². The summed E-state index contributed by atoms with van der Waals surface area (Å²) in [4.78, 5) is 38.4. The molecule has 0 aromatic heterocycles. The van der Waals surface area contributed by atoms with Crippen LogP contribution in [0.2, 0.25) is 0 Å². The van der Waals surface area contributed by atoms with E-state index < -0.39 is 29.2 Å². The fourth-order valence-electron chi connectivity index (χ4n) is 2.96. The largest absolute Gasteiger partial charge is 0.468 e. The Morgan fingerprint density at radius 3 is 2.52 bits per heavy atom. The number of ether oxygens (including phenoxy) is 1. The molecule has 1 aliphatic heterocycles. The van der Waals surface area contributed by atoms with Crippen LogP contribution in [0.4, 0.5) is 4.39 Å². The zero-order chi connectivity index (χ0) is 16.6. The van der Waals surface area contributed by atoms with Crippen LogP contribution in [0.25, 0.3) is 0 Å². The molecule has 1 aromatic rings. The lowest BCUT2D eigenvalue weighted by molar-refractivity contribution is -0.159. The molecule has 122 valence electrons. The number of rotatable bonds is 3. The van der Waals surface area contributed by atoms with E-state index in [1.807, 2.05) is 0 Å². The first-order valence-corrected chi connectivity index (χ1v) is 7.42. The Labute approximate surface area is 132 Å². The van der Waals surface area contributed by atoms with Crippen molar-refractivity contribution in [3.8, 4) is 0 Å². The molecule has 1 aromatic carbocycles. The average Bonchev–Trinajstić information content (AvgIpc) is 3.36. The molecule has 1 N–H and O–H groups in total. The molecule has 1 saturated carbocycles. The lowest BCUT2D eigenvalue weighted by Crippen LogP contribution is -2.55. The third-order valence-corrected chi connectivity index (χ3v) is 4.39. The van der Waals surface area contributed by atoms with Crippen LogP contribution >= 0.6 is 0 Å². The van der Waals surface area contributed by atoms with Crippen LogP contribution in [-0.4, -0.2) is 42.9 Å². The van der Waals surface area contributed by atoms with E-state index in [9.17, 15) is 18.8 Å². The Kier molecular flexibility index (Phi) is 3.79. The lowest BCUT2D eigenvalue weighted by Gasteiger charge is -2.37. The molecular weight excluding hydrogens is 303 g/mol. The molecule has 2 fully saturated rings. The first kappa shape index (κ1) is 15.5. The molecule has 0 spiro atoms. The minimum absolute atomic E-state index is 0.297. The van der Waals surface area contributed by atoms with Crippen molar-refractivity contribution >= 4 is 17.8 Å². The zero-order valence-electron chi connectivity index (χ0n) is 12.7. The Hall–Kier alpha value is -2.44. The number of hydrogen-bond donors (Lipinski definition) is 1. The van der Waals surface area contributed by atoms with Crippen molar-refractivity contribution in [1.29, 1.82) is 0 Å². The summed E-state index contributed by atoms with van der Waals surface area (Å²) in [6.07, 6.45) is 0.847. The van der Waals surface area contributed by atoms with Crippen LogP contribution in [0.15, 0.2) is 24.3 Å². The normalized spacial score (nSPS) is 22.3. The number of nitrogens with zero attached hydrogens (tertiary/aromatic N) is 1. The fraction of sp³-hybridized carbons (Fsp3) is 0.438. The van der Waals surface area contributed by atoms with Crippen LogP contribution in [0.5, 0.6) is 0 Å². The predicted octanol–water partition coefficient (Wildman–Crippen LogP) is 0.778. The number of carbonyl (C=O) groups excluding carboxylic acids is 3. The molecule has 1 saturated heterocycles. The molecule has 1 heterocycles.